The molecule has 0 fully saturated rings. The second-order valence-electron chi connectivity index (χ2n) is 6.19. The van der Waals surface area contributed by atoms with E-state index >= 15 is 0 Å². The molecule has 1 aliphatic heterocycles. The normalized spacial score (nSPS) is 14.9. The molecule has 2 aromatic rings. The van der Waals surface area contributed by atoms with E-state index in [1.54, 1.807) is 0 Å². The summed E-state index contributed by atoms with van der Waals surface area (Å²) in [7, 11) is 2.04. The third-order valence-corrected chi connectivity index (χ3v) is 4.89. The summed E-state index contributed by atoms with van der Waals surface area (Å²) in [6.45, 7) is 8.20. The number of unbranched alkanes of at least 4 members (excludes halogenated alkanes) is 1. The third kappa shape index (κ3) is 2.06. The molecule has 0 radical (unpaired) electrons. The number of aromatic nitrogens is 1. The van der Waals surface area contributed by atoms with Crippen molar-refractivity contribution in [1.82, 2.24) is 9.47 Å². The number of hydrogen-bond donors (Lipinski definition) is 0. The molecule has 0 N–H and O–H groups in total. The molecule has 0 unspecified atom stereocenters. The van der Waals surface area contributed by atoms with E-state index in [0.29, 0.717) is 0 Å². The zero-order chi connectivity index (χ0) is 15.1. The maximum atomic E-state index is 12.8. The Morgan fingerprint density at radius 1 is 1.24 bits per heavy atom. The van der Waals surface area contributed by atoms with Crippen LogP contribution in [0.3, 0.4) is 0 Å². The Morgan fingerprint density at radius 3 is 2.71 bits per heavy atom. The zero-order valence-electron chi connectivity index (χ0n) is 13.5. The Morgan fingerprint density at radius 2 is 2.00 bits per heavy atom. The number of rotatable bonds is 3. The van der Waals surface area contributed by atoms with Crippen LogP contribution < -0.4 is 0 Å². The molecule has 1 amide bonds. The SMILES string of the molecule is CCCCN1CCc2c(n(C)c3c(C)c(C)ccc23)C1=O. The summed E-state index contributed by atoms with van der Waals surface area (Å²) in [6.07, 6.45) is 3.19. The Labute approximate surface area is 126 Å². The van der Waals surface area contributed by atoms with Crippen LogP contribution in [0.15, 0.2) is 12.1 Å². The van der Waals surface area contributed by atoms with E-state index in [4.69, 9.17) is 0 Å². The van der Waals surface area contributed by atoms with Crippen LogP contribution in [0.2, 0.25) is 0 Å². The minimum absolute atomic E-state index is 0.209. The fourth-order valence-corrected chi connectivity index (χ4v) is 3.50. The molecule has 1 aromatic heterocycles. The topological polar surface area (TPSA) is 25.2 Å². The van der Waals surface area contributed by atoms with Crippen molar-refractivity contribution in [2.75, 3.05) is 13.1 Å². The minimum atomic E-state index is 0.209. The largest absolute Gasteiger partial charge is 0.339 e. The van der Waals surface area contributed by atoms with Gasteiger partial charge >= 0.3 is 0 Å². The summed E-state index contributed by atoms with van der Waals surface area (Å²) in [6, 6.07) is 4.36. The number of amides is 1. The quantitative estimate of drug-likeness (QED) is 0.845. The number of hydrogen-bond acceptors (Lipinski definition) is 1. The van der Waals surface area contributed by atoms with E-state index in [1.165, 1.54) is 27.6 Å². The molecule has 3 rings (SSSR count). The Kier molecular flexibility index (Phi) is 3.52. The summed E-state index contributed by atoms with van der Waals surface area (Å²) < 4.78 is 2.12. The standard InChI is InChI=1S/C18H24N2O/c1-5-6-10-20-11-9-15-14-8-7-12(2)13(3)16(14)19(4)17(15)18(20)21/h7-8H,5-6,9-11H2,1-4H3. The van der Waals surface area contributed by atoms with Gasteiger partial charge in [0.15, 0.2) is 0 Å². The van der Waals surface area contributed by atoms with E-state index in [1.807, 2.05) is 11.9 Å². The van der Waals surface area contributed by atoms with Crippen molar-refractivity contribution in [2.45, 2.75) is 40.0 Å². The average molecular weight is 284 g/mol. The Bertz CT molecular complexity index is 712. The molecule has 0 saturated carbocycles. The van der Waals surface area contributed by atoms with Crippen LogP contribution in [0.5, 0.6) is 0 Å². The molecule has 1 aromatic carbocycles. The molecular weight excluding hydrogens is 260 g/mol. The van der Waals surface area contributed by atoms with Crippen LogP contribution >= 0.6 is 0 Å². The van der Waals surface area contributed by atoms with Crippen LogP contribution in [0.1, 0.15) is 46.9 Å². The zero-order valence-corrected chi connectivity index (χ0v) is 13.5. The molecule has 3 heteroatoms. The highest BCUT2D eigenvalue weighted by Gasteiger charge is 2.30. The van der Waals surface area contributed by atoms with E-state index in [0.717, 1.165) is 38.0 Å². The number of carbonyl (C=O) groups excluding carboxylic acids is 1. The molecule has 21 heavy (non-hydrogen) atoms. The van der Waals surface area contributed by atoms with Gasteiger partial charge in [0.1, 0.15) is 5.69 Å². The van der Waals surface area contributed by atoms with Crippen molar-refractivity contribution in [3.63, 3.8) is 0 Å². The van der Waals surface area contributed by atoms with Crippen LogP contribution in [-0.2, 0) is 13.5 Å². The number of aryl methyl sites for hydroxylation is 3. The maximum Gasteiger partial charge on any atom is 0.270 e. The molecular formula is C18H24N2O. The molecule has 1 aliphatic rings. The lowest BCUT2D eigenvalue weighted by Gasteiger charge is -2.27. The van der Waals surface area contributed by atoms with Gasteiger partial charge in [0.25, 0.3) is 5.91 Å². The van der Waals surface area contributed by atoms with Gasteiger partial charge in [-0.05, 0) is 43.4 Å². The fourth-order valence-electron chi connectivity index (χ4n) is 3.50. The smallest absolute Gasteiger partial charge is 0.270 e. The maximum absolute atomic E-state index is 12.8. The average Bonchev–Trinajstić information content (AvgIpc) is 2.76. The van der Waals surface area contributed by atoms with Crippen molar-refractivity contribution >= 4 is 16.8 Å². The number of carbonyl (C=O) groups is 1. The Hall–Kier alpha value is -1.77. The predicted octanol–water partition coefficient (Wildman–Crippen LogP) is 3.59. The predicted molar refractivity (Wildman–Crippen MR) is 86.9 cm³/mol. The highest BCUT2D eigenvalue weighted by molar-refractivity contribution is 6.03. The Balaban J connectivity index is 2.14. The van der Waals surface area contributed by atoms with Crippen LogP contribution in [0.4, 0.5) is 0 Å². The molecule has 112 valence electrons. The second-order valence-corrected chi connectivity index (χ2v) is 6.19. The first-order valence-corrected chi connectivity index (χ1v) is 7.93. The molecule has 0 bridgehead atoms. The van der Waals surface area contributed by atoms with E-state index < -0.39 is 0 Å². The summed E-state index contributed by atoms with van der Waals surface area (Å²) in [5.74, 6) is 0.209. The van der Waals surface area contributed by atoms with Crippen molar-refractivity contribution in [1.29, 1.82) is 0 Å². The van der Waals surface area contributed by atoms with Gasteiger partial charge in [0.2, 0.25) is 0 Å². The van der Waals surface area contributed by atoms with E-state index in [9.17, 15) is 4.79 Å². The van der Waals surface area contributed by atoms with Crippen molar-refractivity contribution in [2.24, 2.45) is 7.05 Å². The molecule has 3 nitrogen and oxygen atoms in total. The summed E-state index contributed by atoms with van der Waals surface area (Å²) in [5, 5.41) is 1.26. The third-order valence-electron chi connectivity index (χ3n) is 4.89. The van der Waals surface area contributed by atoms with Crippen LogP contribution in [0, 0.1) is 13.8 Å². The first-order valence-electron chi connectivity index (χ1n) is 7.93. The van der Waals surface area contributed by atoms with Gasteiger partial charge in [-0.3, -0.25) is 4.79 Å². The summed E-state index contributed by atoms with van der Waals surface area (Å²) in [5.41, 5.74) is 5.95. The molecule has 0 saturated heterocycles. The van der Waals surface area contributed by atoms with Gasteiger partial charge in [-0.2, -0.15) is 0 Å². The van der Waals surface area contributed by atoms with Gasteiger partial charge in [0, 0.05) is 25.5 Å². The first kappa shape index (κ1) is 14.2. The van der Waals surface area contributed by atoms with E-state index in [-0.39, 0.29) is 5.91 Å². The lowest BCUT2D eigenvalue weighted by atomic mass is 10.00. The monoisotopic (exact) mass is 284 g/mol. The molecule has 0 atom stereocenters. The molecule has 0 spiro atoms. The second kappa shape index (κ2) is 5.21. The first-order chi connectivity index (χ1) is 10.1. The lowest BCUT2D eigenvalue weighted by Crippen LogP contribution is -2.39. The van der Waals surface area contributed by atoms with Crippen molar-refractivity contribution < 1.29 is 4.79 Å². The summed E-state index contributed by atoms with van der Waals surface area (Å²) in [4.78, 5) is 14.8. The number of fused-ring (bicyclic) bond motifs is 3. The highest BCUT2D eigenvalue weighted by Crippen LogP contribution is 2.33. The van der Waals surface area contributed by atoms with E-state index in [2.05, 4.69) is 37.5 Å². The van der Waals surface area contributed by atoms with Crippen LogP contribution in [-0.4, -0.2) is 28.5 Å². The number of nitrogens with zero attached hydrogens (tertiary/aromatic N) is 2. The van der Waals surface area contributed by atoms with Gasteiger partial charge < -0.3 is 9.47 Å². The van der Waals surface area contributed by atoms with Crippen molar-refractivity contribution in [3.05, 3.63) is 34.5 Å². The van der Waals surface area contributed by atoms with Crippen LogP contribution in [0.25, 0.3) is 10.9 Å². The van der Waals surface area contributed by atoms with Gasteiger partial charge in [-0.1, -0.05) is 25.5 Å². The summed E-state index contributed by atoms with van der Waals surface area (Å²) >= 11 is 0. The lowest BCUT2D eigenvalue weighted by molar-refractivity contribution is 0.0728. The van der Waals surface area contributed by atoms with Crippen molar-refractivity contribution in [3.8, 4) is 0 Å². The van der Waals surface area contributed by atoms with Gasteiger partial charge in [-0.15, -0.1) is 0 Å². The minimum Gasteiger partial charge on any atom is -0.339 e. The number of benzene rings is 1. The fraction of sp³-hybridized carbons (Fsp3) is 0.500. The molecule has 0 aliphatic carbocycles. The highest BCUT2D eigenvalue weighted by atomic mass is 16.2. The molecule has 2 heterocycles. The van der Waals surface area contributed by atoms with Gasteiger partial charge in [-0.25, -0.2) is 0 Å². The van der Waals surface area contributed by atoms with Gasteiger partial charge in [0.05, 0.1) is 5.52 Å².